The number of hydrogen-bond acceptors (Lipinski definition) is 3. The van der Waals surface area contributed by atoms with Gasteiger partial charge in [0.1, 0.15) is 5.82 Å². The molecule has 4 nitrogen and oxygen atoms in total. The molecule has 1 atom stereocenters. The van der Waals surface area contributed by atoms with E-state index >= 15 is 0 Å². The molecule has 1 amide bonds. The van der Waals surface area contributed by atoms with E-state index in [2.05, 4.69) is 0 Å². The standard InChI is InChI=1S/C18H16FNO3S/c1-13-2-8-17(9-3-13)24(22,23)20-11-10-15(12-18(20)21)14-4-6-16(19)7-5-14/h2-11,15H,12H2,1H3. The van der Waals surface area contributed by atoms with Crippen LogP contribution >= 0.6 is 0 Å². The minimum absolute atomic E-state index is 0.0211. The van der Waals surface area contributed by atoms with Crippen LogP contribution in [0.3, 0.4) is 0 Å². The summed E-state index contributed by atoms with van der Waals surface area (Å²) in [4.78, 5) is 12.4. The summed E-state index contributed by atoms with van der Waals surface area (Å²) < 4.78 is 39.0. The Bertz CT molecular complexity index is 887. The summed E-state index contributed by atoms with van der Waals surface area (Å²) in [5.74, 6) is -1.12. The first-order valence-electron chi connectivity index (χ1n) is 7.45. The average molecular weight is 345 g/mol. The number of hydrogen-bond donors (Lipinski definition) is 0. The molecule has 0 N–H and O–H groups in total. The number of sulfonamides is 1. The van der Waals surface area contributed by atoms with Gasteiger partial charge in [0.2, 0.25) is 5.91 Å². The first kappa shape index (κ1) is 16.4. The molecule has 1 aliphatic heterocycles. The Morgan fingerprint density at radius 3 is 2.25 bits per heavy atom. The van der Waals surface area contributed by atoms with Crippen molar-refractivity contribution in [3.05, 3.63) is 77.8 Å². The van der Waals surface area contributed by atoms with Crippen molar-refractivity contribution in [2.24, 2.45) is 0 Å². The van der Waals surface area contributed by atoms with Crippen molar-refractivity contribution in [1.82, 2.24) is 4.31 Å². The van der Waals surface area contributed by atoms with Gasteiger partial charge in [-0.05, 0) is 36.8 Å². The highest BCUT2D eigenvalue weighted by Crippen LogP contribution is 2.29. The van der Waals surface area contributed by atoms with Gasteiger partial charge in [0, 0.05) is 18.5 Å². The Hall–Kier alpha value is -2.47. The van der Waals surface area contributed by atoms with Crippen LogP contribution in [0, 0.1) is 12.7 Å². The fraction of sp³-hybridized carbons (Fsp3) is 0.167. The monoisotopic (exact) mass is 345 g/mol. The van der Waals surface area contributed by atoms with Crippen LogP contribution in [-0.2, 0) is 14.8 Å². The van der Waals surface area contributed by atoms with Crippen LogP contribution in [0.4, 0.5) is 4.39 Å². The van der Waals surface area contributed by atoms with Crippen LogP contribution in [0.15, 0.2) is 65.7 Å². The molecule has 1 unspecified atom stereocenters. The maximum atomic E-state index is 13.0. The zero-order valence-corrected chi connectivity index (χ0v) is 13.8. The SMILES string of the molecule is Cc1ccc(S(=O)(=O)N2C=CC(c3ccc(F)cc3)CC2=O)cc1. The number of halogens is 1. The van der Waals surface area contributed by atoms with Crippen LogP contribution in [0.2, 0.25) is 0 Å². The Morgan fingerprint density at radius 2 is 1.67 bits per heavy atom. The molecule has 2 aromatic carbocycles. The summed E-state index contributed by atoms with van der Waals surface area (Å²) in [5.41, 5.74) is 1.71. The predicted octanol–water partition coefficient (Wildman–Crippen LogP) is 3.35. The Kier molecular flexibility index (Phi) is 4.24. The second kappa shape index (κ2) is 6.20. The molecule has 0 bridgehead atoms. The Balaban J connectivity index is 1.88. The molecule has 0 saturated heterocycles. The first-order chi connectivity index (χ1) is 11.4. The van der Waals surface area contributed by atoms with Crippen molar-refractivity contribution in [2.75, 3.05) is 0 Å². The molecule has 0 fully saturated rings. The molecule has 6 heteroatoms. The lowest BCUT2D eigenvalue weighted by Crippen LogP contribution is -2.35. The third kappa shape index (κ3) is 3.10. The van der Waals surface area contributed by atoms with Crippen molar-refractivity contribution in [3.8, 4) is 0 Å². The molecule has 24 heavy (non-hydrogen) atoms. The number of aryl methyl sites for hydroxylation is 1. The molecule has 2 aromatic rings. The molecule has 0 radical (unpaired) electrons. The van der Waals surface area contributed by atoms with Gasteiger partial charge in [0.25, 0.3) is 10.0 Å². The molecular formula is C18H16FNO3S. The average Bonchev–Trinajstić information content (AvgIpc) is 2.55. The number of nitrogens with zero attached hydrogens (tertiary/aromatic N) is 1. The van der Waals surface area contributed by atoms with E-state index in [0.717, 1.165) is 15.4 Å². The van der Waals surface area contributed by atoms with Crippen LogP contribution < -0.4 is 0 Å². The topological polar surface area (TPSA) is 54.5 Å². The van der Waals surface area contributed by atoms with Gasteiger partial charge in [0.15, 0.2) is 0 Å². The molecule has 124 valence electrons. The highest BCUT2D eigenvalue weighted by molar-refractivity contribution is 7.89. The number of carbonyl (C=O) groups is 1. The highest BCUT2D eigenvalue weighted by atomic mass is 32.2. The van der Waals surface area contributed by atoms with Gasteiger partial charge >= 0.3 is 0 Å². The summed E-state index contributed by atoms with van der Waals surface area (Å²) >= 11 is 0. The van der Waals surface area contributed by atoms with Gasteiger partial charge in [-0.3, -0.25) is 4.79 Å². The van der Waals surface area contributed by atoms with E-state index < -0.39 is 15.9 Å². The van der Waals surface area contributed by atoms with Crippen LogP contribution in [0.25, 0.3) is 0 Å². The number of amides is 1. The van der Waals surface area contributed by atoms with E-state index in [0.29, 0.717) is 0 Å². The number of carbonyl (C=O) groups excluding carboxylic acids is 1. The number of benzene rings is 2. The van der Waals surface area contributed by atoms with Crippen LogP contribution in [0.1, 0.15) is 23.5 Å². The summed E-state index contributed by atoms with van der Waals surface area (Å²) in [6.45, 7) is 1.86. The first-order valence-corrected chi connectivity index (χ1v) is 8.89. The zero-order valence-electron chi connectivity index (χ0n) is 13.0. The van der Waals surface area contributed by atoms with E-state index in [1.807, 2.05) is 6.92 Å². The third-order valence-electron chi connectivity index (χ3n) is 3.97. The molecule has 1 heterocycles. The largest absolute Gasteiger partial charge is 0.273 e. The number of allylic oxidation sites excluding steroid dienone is 1. The molecule has 1 aliphatic rings. The molecule has 3 rings (SSSR count). The second-order valence-electron chi connectivity index (χ2n) is 5.71. The van der Waals surface area contributed by atoms with Crippen LogP contribution in [0.5, 0.6) is 0 Å². The molecule has 0 saturated carbocycles. The number of rotatable bonds is 3. The van der Waals surface area contributed by atoms with E-state index in [4.69, 9.17) is 0 Å². The van der Waals surface area contributed by atoms with E-state index in [9.17, 15) is 17.6 Å². The van der Waals surface area contributed by atoms with Gasteiger partial charge in [0.05, 0.1) is 4.90 Å². The van der Waals surface area contributed by atoms with Gasteiger partial charge in [-0.1, -0.05) is 35.9 Å². The van der Waals surface area contributed by atoms with Crippen molar-refractivity contribution < 1.29 is 17.6 Å². The van der Waals surface area contributed by atoms with E-state index in [1.165, 1.54) is 30.5 Å². The Labute approximate surface area is 140 Å². The maximum absolute atomic E-state index is 13.0. The van der Waals surface area contributed by atoms with E-state index in [-0.39, 0.29) is 23.1 Å². The van der Waals surface area contributed by atoms with Gasteiger partial charge in [-0.25, -0.2) is 17.1 Å². The van der Waals surface area contributed by atoms with Crippen LogP contribution in [-0.4, -0.2) is 18.6 Å². The summed E-state index contributed by atoms with van der Waals surface area (Å²) in [6, 6.07) is 12.2. The van der Waals surface area contributed by atoms with Crippen molar-refractivity contribution in [1.29, 1.82) is 0 Å². The highest BCUT2D eigenvalue weighted by Gasteiger charge is 2.32. The minimum atomic E-state index is -3.90. The molecule has 0 spiro atoms. The van der Waals surface area contributed by atoms with E-state index in [1.54, 1.807) is 30.3 Å². The lowest BCUT2D eigenvalue weighted by molar-refractivity contribution is -0.125. The molecule has 0 aliphatic carbocycles. The second-order valence-corrected chi connectivity index (χ2v) is 7.53. The van der Waals surface area contributed by atoms with Crippen molar-refractivity contribution in [3.63, 3.8) is 0 Å². The molecule has 0 aromatic heterocycles. The normalized spacial score (nSPS) is 18.0. The fourth-order valence-electron chi connectivity index (χ4n) is 2.59. The van der Waals surface area contributed by atoms with Gasteiger partial charge in [-0.15, -0.1) is 0 Å². The Morgan fingerprint density at radius 1 is 1.04 bits per heavy atom. The third-order valence-corrected chi connectivity index (χ3v) is 5.68. The smallest absolute Gasteiger partial charge is 0.270 e. The predicted molar refractivity (Wildman–Crippen MR) is 88.1 cm³/mol. The summed E-state index contributed by atoms with van der Waals surface area (Å²) in [7, 11) is -3.90. The fourth-order valence-corrected chi connectivity index (χ4v) is 3.87. The summed E-state index contributed by atoms with van der Waals surface area (Å²) in [6.07, 6.45) is 2.96. The summed E-state index contributed by atoms with van der Waals surface area (Å²) in [5, 5.41) is 0. The van der Waals surface area contributed by atoms with Gasteiger partial charge in [-0.2, -0.15) is 0 Å². The maximum Gasteiger partial charge on any atom is 0.270 e. The van der Waals surface area contributed by atoms with Crippen molar-refractivity contribution in [2.45, 2.75) is 24.2 Å². The lowest BCUT2D eigenvalue weighted by atomic mass is 9.94. The molecular weight excluding hydrogens is 329 g/mol. The van der Waals surface area contributed by atoms with Crippen molar-refractivity contribution >= 4 is 15.9 Å². The lowest BCUT2D eigenvalue weighted by Gasteiger charge is -2.25. The minimum Gasteiger partial charge on any atom is -0.273 e. The zero-order chi connectivity index (χ0) is 17.3. The quantitative estimate of drug-likeness (QED) is 0.857. The van der Waals surface area contributed by atoms with Gasteiger partial charge < -0.3 is 0 Å².